The summed E-state index contributed by atoms with van der Waals surface area (Å²) in [5, 5.41) is 12.8. The van der Waals surface area contributed by atoms with E-state index >= 15 is 0 Å². The Hall–Kier alpha value is -1.35. The third-order valence-corrected chi connectivity index (χ3v) is 4.47. The lowest BCUT2D eigenvalue weighted by Crippen LogP contribution is -2.33. The number of amides is 1. The number of hydrogen-bond acceptors (Lipinski definition) is 2. The van der Waals surface area contributed by atoms with Gasteiger partial charge < -0.3 is 10.4 Å². The first kappa shape index (κ1) is 17.7. The maximum atomic E-state index is 12.5. The van der Waals surface area contributed by atoms with Gasteiger partial charge in [-0.1, -0.05) is 13.8 Å². The molecule has 0 heterocycles. The molecular weight excluding hydrogens is 262 g/mol. The van der Waals surface area contributed by atoms with Gasteiger partial charge in [-0.05, 0) is 74.8 Å². The van der Waals surface area contributed by atoms with Crippen LogP contribution in [0.4, 0.5) is 0 Å². The zero-order valence-corrected chi connectivity index (χ0v) is 14.4. The van der Waals surface area contributed by atoms with Gasteiger partial charge in [0.1, 0.15) is 0 Å². The molecule has 1 amide bonds. The molecule has 3 heteroatoms. The molecule has 0 saturated carbocycles. The van der Waals surface area contributed by atoms with Crippen molar-refractivity contribution in [1.82, 2.24) is 5.32 Å². The fourth-order valence-corrected chi connectivity index (χ4v) is 2.77. The molecule has 0 aliphatic carbocycles. The Kier molecular flexibility index (Phi) is 5.97. The molecule has 1 unspecified atom stereocenters. The molecule has 0 saturated heterocycles. The maximum absolute atomic E-state index is 12.5. The van der Waals surface area contributed by atoms with Gasteiger partial charge in [-0.25, -0.2) is 0 Å². The van der Waals surface area contributed by atoms with E-state index in [4.69, 9.17) is 0 Å². The third kappa shape index (κ3) is 4.07. The number of hydrogen-bond donors (Lipinski definition) is 2. The molecular formula is C18H29NO2. The summed E-state index contributed by atoms with van der Waals surface area (Å²) in [6.07, 6.45) is 0.215. The number of rotatable bonds is 5. The van der Waals surface area contributed by atoms with Gasteiger partial charge >= 0.3 is 0 Å². The fraction of sp³-hybridized carbons (Fsp3) is 0.611. The van der Waals surface area contributed by atoms with E-state index in [1.165, 1.54) is 16.7 Å². The molecule has 1 aromatic rings. The van der Waals surface area contributed by atoms with Crippen molar-refractivity contribution >= 4 is 5.91 Å². The number of carbonyl (C=O) groups is 1. The summed E-state index contributed by atoms with van der Waals surface area (Å²) in [6.45, 7) is 14.6. The molecule has 1 rings (SSSR count). The van der Waals surface area contributed by atoms with Crippen molar-refractivity contribution in [2.75, 3.05) is 6.54 Å². The second kappa shape index (κ2) is 7.08. The van der Waals surface area contributed by atoms with Crippen molar-refractivity contribution < 1.29 is 9.90 Å². The molecule has 0 fully saturated rings. The molecule has 0 aromatic heterocycles. The summed E-state index contributed by atoms with van der Waals surface area (Å²) in [6, 6.07) is 0. The van der Waals surface area contributed by atoms with Crippen molar-refractivity contribution in [2.24, 2.45) is 5.92 Å². The van der Waals surface area contributed by atoms with Crippen LogP contribution in [0.2, 0.25) is 0 Å². The SMILES string of the molecule is Cc1c(C)c(C)c(C(=O)NCC(O)CC(C)C)c(C)c1C. The minimum absolute atomic E-state index is 0.0843. The van der Waals surface area contributed by atoms with E-state index in [9.17, 15) is 9.90 Å². The topological polar surface area (TPSA) is 49.3 Å². The van der Waals surface area contributed by atoms with Gasteiger partial charge in [0.05, 0.1) is 6.10 Å². The van der Waals surface area contributed by atoms with Gasteiger partial charge in [0, 0.05) is 12.1 Å². The van der Waals surface area contributed by atoms with Crippen LogP contribution >= 0.6 is 0 Å². The molecule has 0 aliphatic rings. The molecule has 0 aliphatic heterocycles. The third-order valence-electron chi connectivity index (χ3n) is 4.47. The molecule has 118 valence electrons. The van der Waals surface area contributed by atoms with Gasteiger partial charge in [0.25, 0.3) is 5.91 Å². The first-order valence-corrected chi connectivity index (χ1v) is 7.70. The van der Waals surface area contributed by atoms with Gasteiger partial charge in [-0.15, -0.1) is 0 Å². The zero-order valence-electron chi connectivity index (χ0n) is 14.4. The summed E-state index contributed by atoms with van der Waals surface area (Å²) >= 11 is 0. The van der Waals surface area contributed by atoms with Gasteiger partial charge in [0.15, 0.2) is 0 Å². The van der Waals surface area contributed by atoms with Crippen molar-refractivity contribution in [2.45, 2.75) is 61.0 Å². The van der Waals surface area contributed by atoms with Crippen molar-refractivity contribution in [3.8, 4) is 0 Å². The Morgan fingerprint density at radius 2 is 1.38 bits per heavy atom. The lowest BCUT2D eigenvalue weighted by Gasteiger charge is -2.19. The molecule has 0 spiro atoms. The fourth-order valence-electron chi connectivity index (χ4n) is 2.77. The van der Waals surface area contributed by atoms with Crippen LogP contribution in [-0.2, 0) is 0 Å². The van der Waals surface area contributed by atoms with E-state index < -0.39 is 6.10 Å². The number of carbonyl (C=O) groups excluding carboxylic acids is 1. The van der Waals surface area contributed by atoms with E-state index in [1.54, 1.807) is 0 Å². The standard InChI is InChI=1S/C18H29NO2/c1-10(2)8-16(20)9-19-18(21)17-14(6)12(4)11(3)13(5)15(17)7/h10,16,20H,8-9H2,1-7H3,(H,19,21). The Bertz CT molecular complexity index is 504. The second-order valence-corrected chi connectivity index (χ2v) is 6.49. The Morgan fingerprint density at radius 3 is 1.81 bits per heavy atom. The smallest absolute Gasteiger partial charge is 0.251 e. The van der Waals surface area contributed by atoms with Crippen LogP contribution in [0.1, 0.15) is 58.4 Å². The molecule has 3 nitrogen and oxygen atoms in total. The van der Waals surface area contributed by atoms with Crippen molar-refractivity contribution in [1.29, 1.82) is 0 Å². The summed E-state index contributed by atoms with van der Waals surface area (Å²) in [4.78, 5) is 12.5. The van der Waals surface area contributed by atoms with E-state index in [-0.39, 0.29) is 5.91 Å². The summed E-state index contributed by atoms with van der Waals surface area (Å²) in [5.41, 5.74) is 6.42. The summed E-state index contributed by atoms with van der Waals surface area (Å²) in [5.74, 6) is 0.336. The predicted octanol–water partition coefficient (Wildman–Crippen LogP) is 3.37. The molecule has 0 radical (unpaired) electrons. The van der Waals surface area contributed by atoms with Gasteiger partial charge in [-0.3, -0.25) is 4.79 Å². The van der Waals surface area contributed by atoms with E-state index in [0.717, 1.165) is 16.7 Å². The van der Waals surface area contributed by atoms with E-state index in [0.29, 0.717) is 18.9 Å². The first-order valence-electron chi connectivity index (χ1n) is 7.70. The number of benzene rings is 1. The molecule has 1 atom stereocenters. The Morgan fingerprint density at radius 1 is 0.952 bits per heavy atom. The highest BCUT2D eigenvalue weighted by Crippen LogP contribution is 2.25. The van der Waals surface area contributed by atoms with Crippen molar-refractivity contribution in [3.05, 3.63) is 33.4 Å². The zero-order chi connectivity index (χ0) is 16.3. The van der Waals surface area contributed by atoms with Crippen LogP contribution in [0.25, 0.3) is 0 Å². The lowest BCUT2D eigenvalue weighted by atomic mass is 9.89. The quantitative estimate of drug-likeness (QED) is 0.874. The molecule has 2 N–H and O–H groups in total. The monoisotopic (exact) mass is 291 g/mol. The van der Waals surface area contributed by atoms with Crippen LogP contribution in [0, 0.1) is 40.5 Å². The van der Waals surface area contributed by atoms with Gasteiger partial charge in [0.2, 0.25) is 0 Å². The van der Waals surface area contributed by atoms with Gasteiger partial charge in [-0.2, -0.15) is 0 Å². The summed E-state index contributed by atoms with van der Waals surface area (Å²) < 4.78 is 0. The number of aliphatic hydroxyl groups is 1. The Labute approximate surface area is 128 Å². The van der Waals surface area contributed by atoms with Crippen LogP contribution < -0.4 is 5.32 Å². The average molecular weight is 291 g/mol. The molecule has 1 aromatic carbocycles. The number of aliphatic hydroxyl groups excluding tert-OH is 1. The van der Waals surface area contributed by atoms with E-state index in [1.807, 2.05) is 13.8 Å². The lowest BCUT2D eigenvalue weighted by molar-refractivity contribution is 0.0899. The first-order chi connectivity index (χ1) is 9.66. The maximum Gasteiger partial charge on any atom is 0.251 e. The number of nitrogens with one attached hydrogen (secondary N) is 1. The molecule has 0 bridgehead atoms. The second-order valence-electron chi connectivity index (χ2n) is 6.49. The van der Waals surface area contributed by atoms with E-state index in [2.05, 4.69) is 39.9 Å². The van der Waals surface area contributed by atoms with Crippen LogP contribution in [0.3, 0.4) is 0 Å². The molecule has 21 heavy (non-hydrogen) atoms. The van der Waals surface area contributed by atoms with Crippen LogP contribution in [-0.4, -0.2) is 23.7 Å². The van der Waals surface area contributed by atoms with Crippen LogP contribution in [0.5, 0.6) is 0 Å². The minimum atomic E-state index is -0.484. The minimum Gasteiger partial charge on any atom is -0.391 e. The summed E-state index contributed by atoms with van der Waals surface area (Å²) in [7, 11) is 0. The highest BCUT2D eigenvalue weighted by atomic mass is 16.3. The highest BCUT2D eigenvalue weighted by Gasteiger charge is 2.18. The van der Waals surface area contributed by atoms with Crippen LogP contribution in [0.15, 0.2) is 0 Å². The largest absolute Gasteiger partial charge is 0.391 e. The Balaban J connectivity index is 2.94. The van der Waals surface area contributed by atoms with Crippen molar-refractivity contribution in [3.63, 3.8) is 0 Å². The highest BCUT2D eigenvalue weighted by molar-refractivity contribution is 5.98. The normalized spacial score (nSPS) is 12.6. The average Bonchev–Trinajstić information content (AvgIpc) is 2.40. The predicted molar refractivity (Wildman–Crippen MR) is 87.9 cm³/mol.